The van der Waals surface area contributed by atoms with Gasteiger partial charge in [-0.25, -0.2) is 0 Å². The number of nitrogens with one attached hydrogen (secondary N) is 1. The molecule has 0 spiro atoms. The number of furan rings is 1. The van der Waals surface area contributed by atoms with Crippen LogP contribution in [-0.4, -0.2) is 12.5 Å². The molecule has 4 aromatic carbocycles. The molecule has 0 saturated carbocycles. The molecule has 0 aliphatic carbocycles. The van der Waals surface area contributed by atoms with Crippen LogP contribution in [0.1, 0.15) is 0 Å². The van der Waals surface area contributed by atoms with Gasteiger partial charge in [0.05, 0.1) is 4.47 Å². The van der Waals surface area contributed by atoms with Crippen molar-refractivity contribution in [1.82, 2.24) is 0 Å². The van der Waals surface area contributed by atoms with Gasteiger partial charge in [-0.3, -0.25) is 4.79 Å². The third kappa shape index (κ3) is 3.34. The fourth-order valence-corrected chi connectivity index (χ4v) is 4.08. The van der Waals surface area contributed by atoms with Crippen LogP contribution in [0.3, 0.4) is 0 Å². The third-order valence-corrected chi connectivity index (χ3v) is 5.67. The normalized spacial score (nSPS) is 11.2. The maximum Gasteiger partial charge on any atom is 0.262 e. The standard InChI is InChI=1S/C24H16BrNO3/c25-24-17-6-2-1-5-15(17)9-12-21(24)28-14-23(27)26-16-10-11-19-18-7-3-4-8-20(18)29-22(19)13-16/h1-13H,14H2,(H,26,27). The number of benzene rings is 4. The van der Waals surface area contributed by atoms with Gasteiger partial charge in [-0.15, -0.1) is 0 Å². The second-order valence-electron chi connectivity index (χ2n) is 6.74. The maximum absolute atomic E-state index is 12.4. The number of hydrogen-bond donors (Lipinski definition) is 1. The molecule has 1 N–H and O–H groups in total. The predicted octanol–water partition coefficient (Wildman–Crippen LogP) is 6.52. The fraction of sp³-hybridized carbons (Fsp3) is 0.0417. The predicted molar refractivity (Wildman–Crippen MR) is 119 cm³/mol. The molecular weight excluding hydrogens is 430 g/mol. The summed E-state index contributed by atoms with van der Waals surface area (Å²) in [6.07, 6.45) is 0. The van der Waals surface area contributed by atoms with Gasteiger partial charge in [0.1, 0.15) is 16.9 Å². The Morgan fingerprint density at radius 2 is 1.62 bits per heavy atom. The number of fused-ring (bicyclic) bond motifs is 4. The highest BCUT2D eigenvalue weighted by Crippen LogP contribution is 2.33. The number of hydrogen-bond acceptors (Lipinski definition) is 3. The van der Waals surface area contributed by atoms with E-state index in [4.69, 9.17) is 9.15 Å². The molecule has 5 aromatic rings. The molecule has 1 amide bonds. The minimum absolute atomic E-state index is 0.0882. The van der Waals surface area contributed by atoms with E-state index in [9.17, 15) is 4.79 Å². The molecule has 29 heavy (non-hydrogen) atoms. The van der Waals surface area contributed by atoms with E-state index in [1.165, 1.54) is 0 Å². The highest BCUT2D eigenvalue weighted by atomic mass is 79.9. The number of carbonyl (C=O) groups excluding carboxylic acids is 1. The van der Waals surface area contributed by atoms with Crippen LogP contribution in [0.5, 0.6) is 5.75 Å². The zero-order valence-electron chi connectivity index (χ0n) is 15.3. The number of carbonyl (C=O) groups is 1. The van der Waals surface area contributed by atoms with Crippen molar-refractivity contribution in [2.24, 2.45) is 0 Å². The van der Waals surface area contributed by atoms with E-state index in [-0.39, 0.29) is 12.5 Å². The lowest BCUT2D eigenvalue weighted by molar-refractivity contribution is -0.118. The van der Waals surface area contributed by atoms with E-state index < -0.39 is 0 Å². The summed E-state index contributed by atoms with van der Waals surface area (Å²) in [6, 6.07) is 25.4. The Morgan fingerprint density at radius 3 is 2.52 bits per heavy atom. The summed E-state index contributed by atoms with van der Waals surface area (Å²) in [5.74, 6) is 0.395. The van der Waals surface area contributed by atoms with Gasteiger partial charge < -0.3 is 14.5 Å². The Kier molecular flexibility index (Phi) is 4.45. The van der Waals surface area contributed by atoms with Crippen LogP contribution in [0, 0.1) is 0 Å². The van der Waals surface area contributed by atoms with Crippen molar-refractivity contribution in [2.75, 3.05) is 11.9 Å². The molecule has 0 aliphatic heterocycles. The molecule has 0 fully saturated rings. The van der Waals surface area contributed by atoms with E-state index in [1.807, 2.05) is 78.9 Å². The molecule has 142 valence electrons. The lowest BCUT2D eigenvalue weighted by atomic mass is 10.1. The minimum Gasteiger partial charge on any atom is -0.483 e. The highest BCUT2D eigenvalue weighted by molar-refractivity contribution is 9.10. The largest absolute Gasteiger partial charge is 0.483 e. The minimum atomic E-state index is -0.236. The first-order valence-corrected chi connectivity index (χ1v) is 9.99. The summed E-state index contributed by atoms with van der Waals surface area (Å²) in [6.45, 7) is -0.0882. The van der Waals surface area contributed by atoms with Gasteiger partial charge in [-0.1, -0.05) is 48.5 Å². The van der Waals surface area contributed by atoms with Crippen molar-refractivity contribution in [3.8, 4) is 5.75 Å². The van der Waals surface area contributed by atoms with Crippen molar-refractivity contribution in [2.45, 2.75) is 0 Å². The quantitative estimate of drug-likeness (QED) is 0.342. The average Bonchev–Trinajstić information content (AvgIpc) is 3.11. The summed E-state index contributed by atoms with van der Waals surface area (Å²) < 4.78 is 12.4. The van der Waals surface area contributed by atoms with E-state index in [1.54, 1.807) is 0 Å². The van der Waals surface area contributed by atoms with Gasteiger partial charge in [-0.2, -0.15) is 0 Å². The SMILES string of the molecule is O=C(COc1ccc2ccccc2c1Br)Nc1ccc2c(c1)oc1ccccc12. The second kappa shape index (κ2) is 7.26. The number of halogens is 1. The fourth-order valence-electron chi connectivity index (χ4n) is 3.47. The van der Waals surface area contributed by atoms with Crippen molar-refractivity contribution in [3.05, 3.63) is 83.3 Å². The molecule has 0 saturated heterocycles. The molecule has 1 heterocycles. The monoisotopic (exact) mass is 445 g/mol. The zero-order valence-corrected chi connectivity index (χ0v) is 16.9. The summed E-state index contributed by atoms with van der Waals surface area (Å²) in [5.41, 5.74) is 2.24. The van der Waals surface area contributed by atoms with Gasteiger partial charge in [0.25, 0.3) is 5.91 Å². The molecule has 5 rings (SSSR count). The lowest BCUT2D eigenvalue weighted by Gasteiger charge is -2.11. The Morgan fingerprint density at radius 1 is 0.862 bits per heavy atom. The van der Waals surface area contributed by atoms with Crippen molar-refractivity contribution in [1.29, 1.82) is 0 Å². The lowest BCUT2D eigenvalue weighted by Crippen LogP contribution is -2.20. The Balaban J connectivity index is 1.32. The number of ether oxygens (including phenoxy) is 1. The molecule has 0 bridgehead atoms. The van der Waals surface area contributed by atoms with Crippen LogP contribution < -0.4 is 10.1 Å². The number of amides is 1. The summed E-state index contributed by atoms with van der Waals surface area (Å²) in [5, 5.41) is 7.10. The number of anilines is 1. The van der Waals surface area contributed by atoms with E-state index in [0.717, 1.165) is 37.2 Å². The van der Waals surface area contributed by atoms with Crippen LogP contribution in [0.15, 0.2) is 87.8 Å². The molecule has 4 nitrogen and oxygen atoms in total. The van der Waals surface area contributed by atoms with Crippen LogP contribution in [0.25, 0.3) is 32.7 Å². The number of para-hydroxylation sites is 1. The summed E-state index contributed by atoms with van der Waals surface area (Å²) >= 11 is 3.57. The zero-order chi connectivity index (χ0) is 19.8. The second-order valence-corrected chi connectivity index (χ2v) is 7.54. The van der Waals surface area contributed by atoms with Crippen LogP contribution in [0.2, 0.25) is 0 Å². The first kappa shape index (κ1) is 17.8. The Labute approximate surface area is 175 Å². The van der Waals surface area contributed by atoms with Crippen LogP contribution in [-0.2, 0) is 4.79 Å². The van der Waals surface area contributed by atoms with E-state index in [2.05, 4.69) is 21.2 Å². The van der Waals surface area contributed by atoms with Gasteiger partial charge in [-0.05, 0) is 51.0 Å². The van der Waals surface area contributed by atoms with Crippen molar-refractivity contribution in [3.63, 3.8) is 0 Å². The number of rotatable bonds is 4. The maximum atomic E-state index is 12.4. The highest BCUT2D eigenvalue weighted by Gasteiger charge is 2.11. The first-order chi connectivity index (χ1) is 14.2. The molecule has 0 aliphatic rings. The van der Waals surface area contributed by atoms with E-state index >= 15 is 0 Å². The molecule has 0 unspecified atom stereocenters. The van der Waals surface area contributed by atoms with E-state index in [0.29, 0.717) is 11.4 Å². The van der Waals surface area contributed by atoms with Gasteiger partial charge in [0.2, 0.25) is 0 Å². The van der Waals surface area contributed by atoms with Crippen LogP contribution >= 0.6 is 15.9 Å². The average molecular weight is 446 g/mol. The molecular formula is C24H16BrNO3. The molecule has 0 radical (unpaired) electrons. The van der Waals surface area contributed by atoms with Crippen molar-refractivity contribution >= 4 is 60.2 Å². The topological polar surface area (TPSA) is 51.5 Å². The van der Waals surface area contributed by atoms with Gasteiger partial charge in [0, 0.05) is 22.5 Å². The molecule has 5 heteroatoms. The molecule has 0 atom stereocenters. The Bertz CT molecular complexity index is 1370. The van der Waals surface area contributed by atoms with Crippen molar-refractivity contribution < 1.29 is 13.9 Å². The molecule has 1 aromatic heterocycles. The summed E-state index contributed by atoms with van der Waals surface area (Å²) in [4.78, 5) is 12.4. The third-order valence-electron chi connectivity index (χ3n) is 4.85. The smallest absolute Gasteiger partial charge is 0.262 e. The van der Waals surface area contributed by atoms with Crippen LogP contribution in [0.4, 0.5) is 5.69 Å². The summed E-state index contributed by atoms with van der Waals surface area (Å²) in [7, 11) is 0. The Hall–Kier alpha value is -3.31. The first-order valence-electron chi connectivity index (χ1n) is 9.20. The van der Waals surface area contributed by atoms with Gasteiger partial charge >= 0.3 is 0 Å². The van der Waals surface area contributed by atoms with Gasteiger partial charge in [0.15, 0.2) is 6.61 Å².